The van der Waals surface area contributed by atoms with Crippen LogP contribution in [0.2, 0.25) is 0 Å². The first-order valence-electron chi connectivity index (χ1n) is 8.89. The Morgan fingerprint density at radius 3 is 1.11 bits per heavy atom. The Bertz CT molecular complexity index is 907. The number of aliphatic hydroxyl groups is 1. The van der Waals surface area contributed by atoms with Gasteiger partial charge in [-0.15, -0.1) is 17.0 Å². The Balaban J connectivity index is 0. The van der Waals surface area contributed by atoms with Crippen molar-refractivity contribution in [1.29, 1.82) is 0 Å². The minimum absolute atomic E-state index is 0. The largest absolute Gasteiger partial charge is 0.416 e. The number of carbonyl (C=O) groups excluding carboxylic acids is 1. The van der Waals surface area contributed by atoms with E-state index in [0.29, 0.717) is 24.3 Å². The summed E-state index contributed by atoms with van der Waals surface area (Å²) in [7, 11) is 0. The maximum absolute atomic E-state index is 12.4. The highest BCUT2D eigenvalue weighted by Crippen LogP contribution is 2.37. The summed E-state index contributed by atoms with van der Waals surface area (Å²) in [6.07, 6.45) is -19.4. The van der Waals surface area contributed by atoms with Gasteiger partial charge in [0.05, 0.1) is 35.5 Å². The molecule has 212 valence electrons. The van der Waals surface area contributed by atoms with Crippen LogP contribution in [0.5, 0.6) is 0 Å². The van der Waals surface area contributed by atoms with Crippen molar-refractivity contribution in [1.82, 2.24) is 0 Å². The molecule has 0 amide bonds. The summed E-state index contributed by atoms with van der Waals surface area (Å²) in [5.74, 6) is 0. The van der Waals surface area contributed by atoms with E-state index in [4.69, 9.17) is 14.6 Å². The quantitative estimate of drug-likeness (QED) is 0.260. The molecule has 0 heterocycles. The topological polar surface area (TPSA) is 46.5 Å². The third kappa shape index (κ3) is 13.0. The molecule has 0 spiro atoms. The van der Waals surface area contributed by atoms with Crippen molar-refractivity contribution in [3.63, 3.8) is 0 Å². The summed E-state index contributed by atoms with van der Waals surface area (Å²) >= 11 is 2.86. The fraction of sp³-hybridized carbons (Fsp3) is 0.350. The minimum atomic E-state index is -4.87. The summed E-state index contributed by atoms with van der Waals surface area (Å²) in [5.41, 5.74) is -6.13. The standard InChI is InChI=1S/C10H7BrF6O.C9H6F6O.CH2O.BrH/c11-5-18-4-6-1-7(9(12,13)14)3-8(2-6)10(15,16)17;10-8(11,12)6-1-5(4-16)2-7(3-6)9(13,14)15;1-2;/h1-3H,4-5H2;1-3,16H,4H2;1H2;1H. The predicted molar refractivity (Wildman–Crippen MR) is 115 cm³/mol. The van der Waals surface area contributed by atoms with Crippen LogP contribution in [0.3, 0.4) is 0 Å². The van der Waals surface area contributed by atoms with E-state index in [1.54, 1.807) is 0 Å². The predicted octanol–water partition coefficient (Wildman–Crippen LogP) is 8.20. The third-order valence-corrected chi connectivity index (χ3v) is 4.15. The Labute approximate surface area is 220 Å². The van der Waals surface area contributed by atoms with Crippen molar-refractivity contribution in [3.8, 4) is 0 Å². The number of halogens is 14. The van der Waals surface area contributed by atoms with Crippen LogP contribution in [0.1, 0.15) is 33.4 Å². The maximum atomic E-state index is 12.4. The van der Waals surface area contributed by atoms with E-state index in [0.717, 1.165) is 0 Å². The minimum Gasteiger partial charge on any atom is -0.392 e. The molecule has 0 fully saturated rings. The number of hydrogen-bond donors (Lipinski definition) is 1. The average molecular weight is 692 g/mol. The number of benzene rings is 2. The molecule has 0 aliphatic carbocycles. The number of alkyl halides is 13. The van der Waals surface area contributed by atoms with Crippen LogP contribution < -0.4 is 0 Å². The second-order valence-electron chi connectivity index (χ2n) is 6.44. The van der Waals surface area contributed by atoms with Crippen LogP contribution >= 0.6 is 32.9 Å². The molecule has 0 bridgehead atoms. The van der Waals surface area contributed by atoms with E-state index in [2.05, 4.69) is 15.9 Å². The van der Waals surface area contributed by atoms with Crippen LogP contribution in [0.25, 0.3) is 0 Å². The lowest BCUT2D eigenvalue weighted by molar-refractivity contribution is -0.144. The normalized spacial score (nSPS) is 11.9. The van der Waals surface area contributed by atoms with Gasteiger partial charge < -0.3 is 14.6 Å². The summed E-state index contributed by atoms with van der Waals surface area (Å²) in [5, 5.41) is 8.58. The van der Waals surface area contributed by atoms with Crippen molar-refractivity contribution in [2.24, 2.45) is 0 Å². The lowest BCUT2D eigenvalue weighted by Gasteiger charge is -2.14. The molecule has 37 heavy (non-hydrogen) atoms. The van der Waals surface area contributed by atoms with Gasteiger partial charge in [-0.1, -0.05) is 15.9 Å². The molecule has 0 saturated carbocycles. The van der Waals surface area contributed by atoms with E-state index in [9.17, 15) is 52.7 Å². The third-order valence-electron chi connectivity index (χ3n) is 3.82. The molecule has 2 aromatic rings. The van der Waals surface area contributed by atoms with Gasteiger partial charge in [0.1, 0.15) is 12.3 Å². The second-order valence-corrected chi connectivity index (χ2v) is 6.90. The molecule has 0 unspecified atom stereocenters. The van der Waals surface area contributed by atoms with Crippen molar-refractivity contribution in [3.05, 3.63) is 69.8 Å². The Morgan fingerprint density at radius 2 is 0.892 bits per heavy atom. The van der Waals surface area contributed by atoms with Crippen molar-refractivity contribution in [2.75, 3.05) is 5.52 Å². The van der Waals surface area contributed by atoms with Gasteiger partial charge in [0.2, 0.25) is 0 Å². The van der Waals surface area contributed by atoms with E-state index in [-0.39, 0.29) is 46.8 Å². The molecule has 0 saturated heterocycles. The van der Waals surface area contributed by atoms with Gasteiger partial charge in [0.25, 0.3) is 0 Å². The van der Waals surface area contributed by atoms with Crippen LogP contribution in [-0.4, -0.2) is 17.4 Å². The SMILES string of the molecule is Br.C=O.FC(F)(F)c1cc(COCBr)cc(C(F)(F)F)c1.OCc1cc(C(F)(F)F)cc(C(F)(F)F)c1. The second kappa shape index (κ2) is 14.9. The van der Waals surface area contributed by atoms with Crippen molar-refractivity contribution < 1.29 is 67.3 Å². The molecule has 0 aromatic heterocycles. The van der Waals surface area contributed by atoms with Crippen molar-refractivity contribution in [2.45, 2.75) is 37.9 Å². The molecule has 0 atom stereocenters. The van der Waals surface area contributed by atoms with E-state index in [1.165, 1.54) is 0 Å². The molecule has 2 aromatic carbocycles. The lowest BCUT2D eigenvalue weighted by atomic mass is 10.1. The molecular formula is C20H16Br2F12O3. The fourth-order valence-electron chi connectivity index (χ4n) is 2.37. The molecule has 0 radical (unpaired) electrons. The first-order valence-corrected chi connectivity index (χ1v) is 10.0. The van der Waals surface area contributed by atoms with Gasteiger partial charge in [0.15, 0.2) is 0 Å². The van der Waals surface area contributed by atoms with Crippen LogP contribution in [-0.2, 0) is 47.5 Å². The highest BCUT2D eigenvalue weighted by Gasteiger charge is 2.38. The molecule has 2 rings (SSSR count). The molecule has 1 N–H and O–H groups in total. The first-order chi connectivity index (χ1) is 16.3. The number of carbonyl (C=O) groups is 1. The highest BCUT2D eigenvalue weighted by molar-refractivity contribution is 9.09. The molecule has 0 aliphatic heterocycles. The van der Waals surface area contributed by atoms with Crippen LogP contribution in [0, 0.1) is 0 Å². The summed E-state index contributed by atoms with van der Waals surface area (Å²) in [4.78, 5) is 8.00. The van der Waals surface area contributed by atoms with Gasteiger partial charge in [-0.25, -0.2) is 0 Å². The number of hydrogen-bond acceptors (Lipinski definition) is 3. The average Bonchev–Trinajstić information content (AvgIpc) is 2.76. The van der Waals surface area contributed by atoms with E-state index < -0.39 is 59.1 Å². The van der Waals surface area contributed by atoms with Gasteiger partial charge in [-0.3, -0.25) is 0 Å². The Kier molecular flexibility index (Phi) is 15.0. The number of ether oxygens (including phenoxy) is 1. The maximum Gasteiger partial charge on any atom is 0.416 e. The van der Waals surface area contributed by atoms with E-state index in [1.807, 2.05) is 6.79 Å². The van der Waals surface area contributed by atoms with Crippen LogP contribution in [0.15, 0.2) is 36.4 Å². The molecular weight excluding hydrogens is 676 g/mol. The lowest BCUT2D eigenvalue weighted by Crippen LogP contribution is -2.12. The Morgan fingerprint density at radius 1 is 0.622 bits per heavy atom. The Hall–Kier alpha value is -1.85. The first kappa shape index (κ1) is 37.3. The van der Waals surface area contributed by atoms with Crippen molar-refractivity contribution >= 4 is 39.7 Å². The van der Waals surface area contributed by atoms with Gasteiger partial charge in [-0.2, -0.15) is 52.7 Å². The van der Waals surface area contributed by atoms with Gasteiger partial charge >= 0.3 is 24.7 Å². The van der Waals surface area contributed by atoms with Crippen LogP contribution in [0.4, 0.5) is 52.7 Å². The highest BCUT2D eigenvalue weighted by atomic mass is 79.9. The smallest absolute Gasteiger partial charge is 0.392 e. The molecule has 17 heteroatoms. The summed E-state index contributed by atoms with van der Waals surface area (Å²) in [6, 6.07) is 2.33. The monoisotopic (exact) mass is 690 g/mol. The van der Waals surface area contributed by atoms with E-state index >= 15 is 0 Å². The molecule has 3 nitrogen and oxygen atoms in total. The van der Waals surface area contributed by atoms with Gasteiger partial charge in [0, 0.05) is 0 Å². The van der Waals surface area contributed by atoms with Gasteiger partial charge in [-0.05, 0) is 47.5 Å². The zero-order valence-electron chi connectivity index (χ0n) is 17.9. The zero-order chi connectivity index (χ0) is 28.5. The fourth-order valence-corrected chi connectivity index (χ4v) is 2.53. The summed E-state index contributed by atoms with van der Waals surface area (Å²) in [6.45, 7) is 0.783. The molecule has 0 aliphatic rings. The summed E-state index contributed by atoms with van der Waals surface area (Å²) < 4.78 is 153. The number of aliphatic hydroxyl groups excluding tert-OH is 1. The number of rotatable bonds is 4. The zero-order valence-corrected chi connectivity index (χ0v) is 21.2.